The standard InChI is InChI=1S/C12H15F2N/c13-12(14,9-3-1-2-4-9)10-5-7-11(15)8-6-10/h5-9H,1-4,15H2. The van der Waals surface area contributed by atoms with Gasteiger partial charge in [-0.1, -0.05) is 25.0 Å². The Morgan fingerprint density at radius 2 is 1.60 bits per heavy atom. The van der Waals surface area contributed by atoms with Crippen molar-refractivity contribution in [1.29, 1.82) is 0 Å². The van der Waals surface area contributed by atoms with Crippen LogP contribution in [-0.2, 0) is 5.92 Å². The molecular weight excluding hydrogens is 196 g/mol. The molecule has 3 heteroatoms. The predicted molar refractivity (Wildman–Crippen MR) is 56.7 cm³/mol. The first kappa shape index (κ1) is 10.4. The molecule has 1 saturated carbocycles. The molecule has 0 unspecified atom stereocenters. The lowest BCUT2D eigenvalue weighted by Gasteiger charge is -2.23. The van der Waals surface area contributed by atoms with E-state index in [4.69, 9.17) is 5.73 Å². The second-order valence-electron chi connectivity index (χ2n) is 4.23. The quantitative estimate of drug-likeness (QED) is 0.744. The van der Waals surface area contributed by atoms with Crippen LogP contribution in [0.2, 0.25) is 0 Å². The van der Waals surface area contributed by atoms with Gasteiger partial charge in [0, 0.05) is 17.2 Å². The van der Waals surface area contributed by atoms with Crippen LogP contribution < -0.4 is 5.73 Å². The number of rotatable bonds is 2. The number of anilines is 1. The van der Waals surface area contributed by atoms with Crippen LogP contribution in [0.5, 0.6) is 0 Å². The molecule has 1 nitrogen and oxygen atoms in total. The van der Waals surface area contributed by atoms with Crippen LogP contribution in [0.3, 0.4) is 0 Å². The lowest BCUT2D eigenvalue weighted by molar-refractivity contribution is -0.0625. The molecule has 1 fully saturated rings. The van der Waals surface area contributed by atoms with Gasteiger partial charge >= 0.3 is 0 Å². The maximum absolute atomic E-state index is 14.0. The van der Waals surface area contributed by atoms with Crippen LogP contribution in [0.1, 0.15) is 31.2 Å². The van der Waals surface area contributed by atoms with Crippen molar-refractivity contribution in [2.75, 3.05) is 5.73 Å². The third-order valence-corrected chi connectivity index (χ3v) is 3.16. The second-order valence-corrected chi connectivity index (χ2v) is 4.23. The normalized spacial score (nSPS) is 18.3. The smallest absolute Gasteiger partial charge is 0.276 e. The largest absolute Gasteiger partial charge is 0.399 e. The Kier molecular flexibility index (Phi) is 2.63. The molecule has 2 rings (SSSR count). The molecule has 2 N–H and O–H groups in total. The summed E-state index contributed by atoms with van der Waals surface area (Å²) in [4.78, 5) is 0. The van der Waals surface area contributed by atoms with Crippen molar-refractivity contribution < 1.29 is 8.78 Å². The lowest BCUT2D eigenvalue weighted by Crippen LogP contribution is -2.23. The molecule has 0 atom stereocenters. The molecule has 1 aliphatic carbocycles. The van der Waals surface area contributed by atoms with E-state index in [0.717, 1.165) is 12.8 Å². The van der Waals surface area contributed by atoms with E-state index >= 15 is 0 Å². The summed E-state index contributed by atoms with van der Waals surface area (Å²) < 4.78 is 27.9. The Labute approximate surface area is 88.3 Å². The molecule has 0 spiro atoms. The Balaban J connectivity index is 2.23. The van der Waals surface area contributed by atoms with Gasteiger partial charge in [-0.2, -0.15) is 0 Å². The number of hydrogen-bond acceptors (Lipinski definition) is 1. The van der Waals surface area contributed by atoms with Crippen molar-refractivity contribution >= 4 is 5.69 Å². The molecule has 15 heavy (non-hydrogen) atoms. The van der Waals surface area contributed by atoms with Gasteiger partial charge in [-0.3, -0.25) is 0 Å². The highest BCUT2D eigenvalue weighted by atomic mass is 19.3. The fourth-order valence-corrected chi connectivity index (χ4v) is 2.23. The fraction of sp³-hybridized carbons (Fsp3) is 0.500. The average Bonchev–Trinajstić information content (AvgIpc) is 2.71. The molecule has 0 aliphatic heterocycles. The van der Waals surface area contributed by atoms with Gasteiger partial charge < -0.3 is 5.73 Å². The summed E-state index contributed by atoms with van der Waals surface area (Å²) in [5, 5.41) is 0. The fourth-order valence-electron chi connectivity index (χ4n) is 2.23. The van der Waals surface area contributed by atoms with Crippen molar-refractivity contribution in [3.05, 3.63) is 29.8 Å². The third kappa shape index (κ3) is 1.96. The van der Waals surface area contributed by atoms with E-state index < -0.39 is 11.8 Å². The van der Waals surface area contributed by atoms with Crippen LogP contribution in [-0.4, -0.2) is 0 Å². The summed E-state index contributed by atoms with van der Waals surface area (Å²) in [6.07, 6.45) is 3.12. The molecule has 0 heterocycles. The summed E-state index contributed by atoms with van der Waals surface area (Å²) in [5.74, 6) is -3.18. The third-order valence-electron chi connectivity index (χ3n) is 3.16. The summed E-state index contributed by atoms with van der Waals surface area (Å²) in [5.41, 5.74) is 6.11. The van der Waals surface area contributed by atoms with Crippen LogP contribution in [0.25, 0.3) is 0 Å². The molecule has 0 aromatic heterocycles. The number of halogens is 2. The van der Waals surface area contributed by atoms with Gasteiger partial charge in [-0.15, -0.1) is 0 Å². The highest BCUT2D eigenvalue weighted by Gasteiger charge is 2.42. The first-order chi connectivity index (χ1) is 7.10. The zero-order valence-corrected chi connectivity index (χ0v) is 8.55. The van der Waals surface area contributed by atoms with Gasteiger partial charge in [0.2, 0.25) is 0 Å². The molecule has 1 aromatic rings. The highest BCUT2D eigenvalue weighted by Crippen LogP contribution is 2.44. The van der Waals surface area contributed by atoms with Crippen molar-refractivity contribution in [1.82, 2.24) is 0 Å². The van der Waals surface area contributed by atoms with Gasteiger partial charge in [0.15, 0.2) is 0 Å². The van der Waals surface area contributed by atoms with Crippen molar-refractivity contribution in [2.24, 2.45) is 5.92 Å². The van der Waals surface area contributed by atoms with Crippen LogP contribution in [0.15, 0.2) is 24.3 Å². The van der Waals surface area contributed by atoms with Crippen LogP contribution in [0, 0.1) is 5.92 Å². The van der Waals surface area contributed by atoms with Crippen molar-refractivity contribution in [3.63, 3.8) is 0 Å². The topological polar surface area (TPSA) is 26.0 Å². The molecule has 0 radical (unpaired) electrons. The molecule has 1 aromatic carbocycles. The van der Waals surface area contributed by atoms with E-state index in [9.17, 15) is 8.78 Å². The Hall–Kier alpha value is -1.12. The van der Waals surface area contributed by atoms with E-state index in [1.807, 2.05) is 0 Å². The summed E-state index contributed by atoms with van der Waals surface area (Å²) >= 11 is 0. The average molecular weight is 211 g/mol. The van der Waals surface area contributed by atoms with Gasteiger partial charge in [-0.05, 0) is 25.0 Å². The minimum absolute atomic E-state index is 0.101. The minimum atomic E-state index is -2.69. The van der Waals surface area contributed by atoms with Crippen molar-refractivity contribution in [2.45, 2.75) is 31.6 Å². The highest BCUT2D eigenvalue weighted by molar-refractivity contribution is 5.40. The van der Waals surface area contributed by atoms with Gasteiger partial charge in [0.05, 0.1) is 0 Å². The molecule has 0 bridgehead atoms. The zero-order chi connectivity index (χ0) is 10.9. The SMILES string of the molecule is Nc1ccc(C(F)(F)C2CCCC2)cc1. The van der Waals surface area contributed by atoms with Crippen LogP contribution >= 0.6 is 0 Å². The zero-order valence-electron chi connectivity index (χ0n) is 8.55. The molecule has 82 valence electrons. The maximum atomic E-state index is 14.0. The van der Waals surface area contributed by atoms with E-state index in [1.54, 1.807) is 0 Å². The number of nitrogens with two attached hydrogens (primary N) is 1. The van der Waals surface area contributed by atoms with Crippen molar-refractivity contribution in [3.8, 4) is 0 Å². The van der Waals surface area contributed by atoms with Crippen LogP contribution in [0.4, 0.5) is 14.5 Å². The van der Waals surface area contributed by atoms with Gasteiger partial charge in [0.25, 0.3) is 5.92 Å². The second kappa shape index (κ2) is 3.80. The van der Waals surface area contributed by atoms with E-state index in [0.29, 0.717) is 18.5 Å². The van der Waals surface area contributed by atoms with Gasteiger partial charge in [-0.25, -0.2) is 8.78 Å². The Morgan fingerprint density at radius 1 is 1.07 bits per heavy atom. The molecule has 1 aliphatic rings. The van der Waals surface area contributed by atoms with E-state index in [2.05, 4.69) is 0 Å². The summed E-state index contributed by atoms with van der Waals surface area (Å²) in [7, 11) is 0. The number of nitrogen functional groups attached to an aromatic ring is 1. The monoisotopic (exact) mass is 211 g/mol. The summed E-state index contributed by atoms with van der Waals surface area (Å²) in [6, 6.07) is 5.96. The Morgan fingerprint density at radius 3 is 2.13 bits per heavy atom. The van der Waals surface area contributed by atoms with Gasteiger partial charge in [0.1, 0.15) is 0 Å². The number of alkyl halides is 2. The first-order valence-corrected chi connectivity index (χ1v) is 5.34. The predicted octanol–water partition coefficient (Wildman–Crippen LogP) is 3.55. The first-order valence-electron chi connectivity index (χ1n) is 5.34. The molecular formula is C12H15F2N. The number of hydrogen-bond donors (Lipinski definition) is 1. The minimum Gasteiger partial charge on any atom is -0.399 e. The molecule has 0 saturated heterocycles. The Bertz CT molecular complexity index is 326. The summed E-state index contributed by atoms with van der Waals surface area (Å²) in [6.45, 7) is 0. The number of benzene rings is 1. The van der Waals surface area contributed by atoms with E-state index in [1.165, 1.54) is 24.3 Å². The molecule has 0 amide bonds. The lowest BCUT2D eigenvalue weighted by atomic mass is 9.93. The van der Waals surface area contributed by atoms with E-state index in [-0.39, 0.29) is 5.56 Å². The maximum Gasteiger partial charge on any atom is 0.276 e.